The third kappa shape index (κ3) is 11.1. The summed E-state index contributed by atoms with van der Waals surface area (Å²) in [5.74, 6) is 0. The van der Waals surface area contributed by atoms with Crippen molar-refractivity contribution >= 4 is 77.4 Å². The van der Waals surface area contributed by atoms with E-state index in [0.717, 1.165) is 31.0 Å². The molecular weight excluding hydrogens is 953 g/mol. The van der Waals surface area contributed by atoms with E-state index in [0.29, 0.717) is 0 Å². The zero-order valence-corrected chi connectivity index (χ0v) is 45.1. The van der Waals surface area contributed by atoms with E-state index in [1.807, 2.05) is 0 Å². The zero-order valence-electron chi connectivity index (χ0n) is 40.3. The van der Waals surface area contributed by atoms with E-state index in [4.69, 9.17) is 17.5 Å². The highest BCUT2D eigenvalue weighted by Gasteiger charge is 2.49. The normalized spacial score (nSPS) is 14.5. The number of halogens is 2. The lowest BCUT2D eigenvalue weighted by atomic mass is 9.68. The van der Waals surface area contributed by atoms with Gasteiger partial charge in [-0.2, -0.15) is 17.5 Å². The van der Waals surface area contributed by atoms with Gasteiger partial charge >= 0.3 is 0 Å². The lowest BCUT2D eigenvalue weighted by Crippen LogP contribution is -2.27. The minimum Gasteiger partial charge on any atom is -0.172 e. The van der Waals surface area contributed by atoms with Gasteiger partial charge < -0.3 is 0 Å². The number of benzene rings is 3. The Kier molecular flexibility index (Phi) is 19.6. The van der Waals surface area contributed by atoms with Crippen LogP contribution in [0, 0.1) is 0 Å². The van der Waals surface area contributed by atoms with Crippen LogP contribution < -0.4 is 0 Å². The van der Waals surface area contributed by atoms with Crippen molar-refractivity contribution < 1.29 is 0 Å². The summed E-state index contributed by atoms with van der Waals surface area (Å²) in [5.41, 5.74) is 15.9. The van der Waals surface area contributed by atoms with E-state index < -0.39 is 0 Å². The third-order valence-corrected chi connectivity index (χ3v) is 17.8. The number of hydrogen-bond acceptors (Lipinski definition) is 6. The molecule has 2 aliphatic rings. The Morgan fingerprint density at radius 2 is 0.609 bits per heavy atom. The van der Waals surface area contributed by atoms with E-state index in [1.54, 1.807) is 11.1 Å². The first-order chi connectivity index (χ1) is 31.5. The zero-order chi connectivity index (χ0) is 44.8. The van der Waals surface area contributed by atoms with Gasteiger partial charge in [0.05, 0.1) is 23.5 Å². The number of unbranched alkanes of at least 4 members (excludes halogenated alkanes) is 24. The van der Waals surface area contributed by atoms with Crippen LogP contribution in [-0.4, -0.2) is 17.5 Å². The first-order valence-electron chi connectivity index (χ1n) is 26.6. The molecular formula is C56H80Br2N4S2. The molecule has 0 atom stereocenters. The van der Waals surface area contributed by atoms with Crippen LogP contribution in [0.25, 0.3) is 44.3 Å². The lowest BCUT2D eigenvalue weighted by molar-refractivity contribution is 0.394. The van der Waals surface area contributed by atoms with Crippen molar-refractivity contribution in [3.8, 4) is 22.3 Å². The van der Waals surface area contributed by atoms with Gasteiger partial charge in [0.25, 0.3) is 0 Å². The van der Waals surface area contributed by atoms with Crippen LogP contribution in [0.5, 0.6) is 0 Å². The van der Waals surface area contributed by atoms with Gasteiger partial charge in [-0.25, -0.2) is 0 Å². The fraction of sp³-hybridized carbons (Fsp3) is 0.679. The molecule has 0 unspecified atom stereocenters. The SMILES string of the molecule is CCCCCCCCCC1(CCCCCCCCC)c2cc3c(cc2-c2c1cc(Br)c1nsnc21)C(CCCCCCCCC)(CCCCCCCCC)c1cc(Br)c2nsnc2c1-3. The van der Waals surface area contributed by atoms with Gasteiger partial charge in [-0.15, -0.1) is 0 Å². The highest BCUT2D eigenvalue weighted by atomic mass is 79.9. The van der Waals surface area contributed by atoms with E-state index in [-0.39, 0.29) is 10.8 Å². The van der Waals surface area contributed by atoms with E-state index in [9.17, 15) is 0 Å². The van der Waals surface area contributed by atoms with E-state index in [2.05, 4.69) is 83.8 Å². The highest BCUT2D eigenvalue weighted by molar-refractivity contribution is 9.11. The van der Waals surface area contributed by atoms with Crippen LogP contribution in [0.15, 0.2) is 33.2 Å². The maximum atomic E-state index is 5.17. The largest absolute Gasteiger partial charge is 0.172 e. The van der Waals surface area contributed by atoms with Crippen molar-refractivity contribution in [2.24, 2.45) is 0 Å². The number of nitrogens with zero attached hydrogens (tertiary/aromatic N) is 4. The van der Waals surface area contributed by atoms with Crippen LogP contribution in [-0.2, 0) is 10.8 Å². The Morgan fingerprint density at radius 1 is 0.344 bits per heavy atom. The molecule has 2 aliphatic carbocycles. The van der Waals surface area contributed by atoms with Crippen molar-refractivity contribution in [2.75, 3.05) is 0 Å². The maximum absolute atomic E-state index is 5.17. The molecule has 0 aliphatic heterocycles. The fourth-order valence-electron chi connectivity index (χ4n) is 12.1. The smallest absolute Gasteiger partial charge is 0.119 e. The van der Waals surface area contributed by atoms with E-state index >= 15 is 0 Å². The number of fused-ring (bicyclic) bond motifs is 10. The highest BCUT2D eigenvalue weighted by Crippen LogP contribution is 2.63. The van der Waals surface area contributed by atoms with Crippen molar-refractivity contribution in [2.45, 2.75) is 244 Å². The molecule has 0 fully saturated rings. The summed E-state index contributed by atoms with van der Waals surface area (Å²) in [5, 5.41) is 0. The van der Waals surface area contributed by atoms with Gasteiger partial charge in [0.1, 0.15) is 22.1 Å². The van der Waals surface area contributed by atoms with Gasteiger partial charge in [-0.3, -0.25) is 0 Å². The fourth-order valence-corrected chi connectivity index (χ4v) is 14.4. The van der Waals surface area contributed by atoms with Gasteiger partial charge in [0.15, 0.2) is 0 Å². The Labute approximate surface area is 413 Å². The molecule has 7 rings (SSSR count). The maximum Gasteiger partial charge on any atom is 0.119 e. The van der Waals surface area contributed by atoms with Gasteiger partial charge in [-0.1, -0.05) is 207 Å². The van der Waals surface area contributed by atoms with Crippen molar-refractivity contribution in [3.63, 3.8) is 0 Å². The first kappa shape index (κ1) is 50.1. The van der Waals surface area contributed by atoms with Gasteiger partial charge in [0.2, 0.25) is 0 Å². The first-order valence-corrected chi connectivity index (χ1v) is 29.6. The molecule has 2 heterocycles. The number of aromatic nitrogens is 4. The lowest BCUT2D eigenvalue weighted by Gasteiger charge is -2.35. The molecule has 0 amide bonds. The number of hydrogen-bond donors (Lipinski definition) is 0. The predicted octanol–water partition coefficient (Wildman–Crippen LogP) is 20.3. The van der Waals surface area contributed by atoms with Crippen LogP contribution in [0.3, 0.4) is 0 Å². The topological polar surface area (TPSA) is 51.6 Å². The standard InChI is InChI=1S/C56H80Br2N4S2/c1-5-9-13-17-21-25-29-33-55(34-30-26-22-18-14-10-6-2)43-37-42-44(38-41(43)49-45(55)39-47(57)51-53(49)61-63-59-51)56(35-31-27-23-19-15-11-7-3,36-32-28-24-20-16-12-8-4)46-40-48(58)52-54(50(42)46)62-64-60-52/h37-40H,5-36H2,1-4H3. The minimum atomic E-state index is -0.0654. The summed E-state index contributed by atoms with van der Waals surface area (Å²) in [4.78, 5) is 0. The average molecular weight is 1030 g/mol. The molecule has 5 aromatic rings. The second kappa shape index (κ2) is 25.0. The summed E-state index contributed by atoms with van der Waals surface area (Å²) in [6, 6.07) is 10.5. The Hall–Kier alpha value is -1.74. The van der Waals surface area contributed by atoms with Gasteiger partial charge in [0, 0.05) is 30.9 Å². The van der Waals surface area contributed by atoms with Crippen molar-refractivity contribution in [1.29, 1.82) is 0 Å². The van der Waals surface area contributed by atoms with Crippen LogP contribution in [0.1, 0.15) is 255 Å². The summed E-state index contributed by atoms with van der Waals surface area (Å²) in [6.07, 6.45) is 41.9. The average Bonchev–Trinajstić information content (AvgIpc) is 4.09. The quantitative estimate of drug-likeness (QED) is 0.0403. The van der Waals surface area contributed by atoms with Crippen LogP contribution in [0.2, 0.25) is 0 Å². The molecule has 64 heavy (non-hydrogen) atoms. The number of rotatable bonds is 32. The molecule has 0 N–H and O–H groups in total. The van der Waals surface area contributed by atoms with Crippen LogP contribution >= 0.6 is 55.3 Å². The molecule has 4 nitrogen and oxygen atoms in total. The molecule has 8 heteroatoms. The summed E-state index contributed by atoms with van der Waals surface area (Å²) < 4.78 is 22.4. The van der Waals surface area contributed by atoms with E-state index in [1.165, 1.54) is 262 Å². The van der Waals surface area contributed by atoms with Gasteiger partial charge in [-0.05, 0) is 115 Å². The predicted molar refractivity (Wildman–Crippen MR) is 287 cm³/mol. The molecule has 3 aromatic carbocycles. The Morgan fingerprint density at radius 3 is 0.906 bits per heavy atom. The van der Waals surface area contributed by atoms with Crippen LogP contribution in [0.4, 0.5) is 0 Å². The Balaban J connectivity index is 1.37. The molecule has 2 aromatic heterocycles. The summed E-state index contributed by atoms with van der Waals surface area (Å²) in [6.45, 7) is 9.31. The van der Waals surface area contributed by atoms with Crippen molar-refractivity contribution in [3.05, 3.63) is 55.5 Å². The summed E-state index contributed by atoms with van der Waals surface area (Å²) >= 11 is 10.9. The molecule has 350 valence electrons. The second-order valence-electron chi connectivity index (χ2n) is 20.1. The molecule has 0 saturated carbocycles. The van der Waals surface area contributed by atoms with Crippen molar-refractivity contribution in [1.82, 2.24) is 17.5 Å². The Bertz CT molecular complexity index is 2030. The minimum absolute atomic E-state index is 0.0654. The summed E-state index contributed by atoms with van der Waals surface area (Å²) in [7, 11) is 0. The monoisotopic (exact) mass is 1030 g/mol. The second-order valence-corrected chi connectivity index (χ2v) is 22.8. The molecule has 0 bridgehead atoms. The molecule has 0 spiro atoms. The molecule has 0 saturated heterocycles. The third-order valence-electron chi connectivity index (χ3n) is 15.6. The molecule has 0 radical (unpaired) electrons.